The molecule has 1 aliphatic carbocycles. The van der Waals surface area contributed by atoms with Crippen LogP contribution >= 0.6 is 81.2 Å². The van der Waals surface area contributed by atoms with Gasteiger partial charge >= 0.3 is 54.8 Å². The fourth-order valence-corrected chi connectivity index (χ4v) is 13.0. The van der Waals surface area contributed by atoms with E-state index in [2.05, 4.69) is 37.2 Å². The summed E-state index contributed by atoms with van der Waals surface area (Å²) >= 11 is 43.2. The molecule has 4 fully saturated rings. The van der Waals surface area contributed by atoms with E-state index in [0.717, 1.165) is 0 Å². The average molecular weight is 1800 g/mol. The normalized spacial score (nSPS) is 25.8. The van der Waals surface area contributed by atoms with Crippen molar-refractivity contribution >= 4 is 170 Å². The average Bonchev–Trinajstić information content (AvgIpc) is 1.74. The molecule has 638 valence electrons. The lowest BCUT2D eigenvalue weighted by Gasteiger charge is -2.48. The number of anilines is 7. The van der Waals surface area contributed by atoms with Crippen molar-refractivity contribution in [3.05, 3.63) is 205 Å². The monoisotopic (exact) mass is 1800 g/mol. The molecule has 3 heterocycles. The lowest BCUT2D eigenvalue weighted by molar-refractivity contribution is -0.305. The molecule has 35 nitrogen and oxygen atoms in total. The summed E-state index contributed by atoms with van der Waals surface area (Å²) in [6.45, 7) is -1.82. The molecule has 0 bridgehead atoms. The number of nitrogens with two attached hydrogens (primary N) is 6. The van der Waals surface area contributed by atoms with Crippen LogP contribution < -0.4 is 71.6 Å². The van der Waals surface area contributed by atoms with Gasteiger partial charge in [-0.05, 0) is 176 Å². The number of nitrogens with one attached hydrogen (secondary N) is 7. The summed E-state index contributed by atoms with van der Waals surface area (Å²) in [5.41, 5.74) is 42.6. The first-order chi connectivity index (χ1) is 56.6. The zero-order valence-electron chi connectivity index (χ0n) is 61.2. The smallest absolute Gasteiger partial charge is 0.475 e. The summed E-state index contributed by atoms with van der Waals surface area (Å²) in [6.07, 6.45) is -39.6. The molecule has 7 aromatic rings. The van der Waals surface area contributed by atoms with Crippen molar-refractivity contribution < 1.29 is 118 Å². The molecule has 119 heavy (non-hydrogen) atoms. The second kappa shape index (κ2) is 42.5. The van der Waals surface area contributed by atoms with Gasteiger partial charge < -0.3 is 101 Å². The number of benzene rings is 7. The van der Waals surface area contributed by atoms with E-state index in [1.165, 1.54) is 170 Å². The molecular formula is C74H75Cl7F3N13O22. The van der Waals surface area contributed by atoms with Gasteiger partial charge in [-0.3, -0.25) is 37.2 Å². The quantitative estimate of drug-likeness (QED) is 0.0265. The van der Waals surface area contributed by atoms with Crippen LogP contribution in [0.25, 0.3) is 0 Å². The van der Waals surface area contributed by atoms with E-state index in [1.54, 1.807) is 0 Å². The number of alkyl halides is 3. The van der Waals surface area contributed by atoms with Crippen LogP contribution in [0.15, 0.2) is 170 Å². The van der Waals surface area contributed by atoms with Crippen molar-refractivity contribution in [2.45, 2.75) is 129 Å². The zero-order valence-corrected chi connectivity index (χ0v) is 66.5. The molecule has 0 spiro atoms. The van der Waals surface area contributed by atoms with E-state index in [4.69, 9.17) is 187 Å². The minimum atomic E-state index is -5.08. The summed E-state index contributed by atoms with van der Waals surface area (Å²) in [5.74, 6) is -2.76. The van der Waals surface area contributed by atoms with Gasteiger partial charge in [0.2, 0.25) is 0 Å². The third-order valence-electron chi connectivity index (χ3n) is 17.7. The van der Waals surface area contributed by atoms with Crippen LogP contribution in [-0.4, -0.2) is 196 Å². The number of rotatable bonds is 23. The van der Waals surface area contributed by atoms with E-state index in [1.807, 2.05) is 0 Å². The Morgan fingerprint density at radius 2 is 0.571 bits per heavy atom. The van der Waals surface area contributed by atoms with Gasteiger partial charge in [-0.1, -0.05) is 81.2 Å². The number of hydrogen-bond donors (Lipinski definition) is 14. The Hall–Kier alpha value is -9.76. The second-order valence-electron chi connectivity index (χ2n) is 26.2. The molecule has 11 rings (SSSR count). The number of ether oxygens (including phenoxy) is 13. The molecule has 19 atom stereocenters. The first-order valence-electron chi connectivity index (χ1n) is 35.4. The molecule has 3 saturated heterocycles. The summed E-state index contributed by atoms with van der Waals surface area (Å²) in [7, 11) is 0. The largest absolute Gasteiger partial charge is 0.490 e. The van der Waals surface area contributed by atoms with Crippen molar-refractivity contribution in [2.75, 3.05) is 56.9 Å². The van der Waals surface area contributed by atoms with E-state index in [0.29, 0.717) is 30.1 Å². The van der Waals surface area contributed by atoms with Crippen LogP contribution in [-0.2, 0) is 66.4 Å². The molecule has 7 amide bonds. The van der Waals surface area contributed by atoms with Gasteiger partial charge in [0.15, 0.2) is 49.4 Å². The molecule has 0 aromatic heterocycles. The van der Waals surface area contributed by atoms with Gasteiger partial charge in [0.05, 0.1) is 12.1 Å². The van der Waals surface area contributed by atoms with Crippen LogP contribution in [0.3, 0.4) is 0 Å². The van der Waals surface area contributed by atoms with Gasteiger partial charge in [-0.15, -0.1) is 0 Å². The van der Waals surface area contributed by atoms with E-state index >= 15 is 0 Å². The number of aliphatic carboxylic acids is 1. The zero-order chi connectivity index (χ0) is 85.9. The van der Waals surface area contributed by atoms with Gasteiger partial charge in [0.25, 0.3) is 0 Å². The third kappa shape index (κ3) is 26.4. The Morgan fingerprint density at radius 3 is 0.857 bits per heavy atom. The Balaban J connectivity index is 0.00000203. The number of carboxylic acids is 1. The van der Waals surface area contributed by atoms with Crippen molar-refractivity contribution in [1.82, 2.24) is 0 Å². The highest BCUT2D eigenvalue weighted by atomic mass is 35.5. The highest BCUT2D eigenvalue weighted by molar-refractivity contribution is 6.32. The summed E-state index contributed by atoms with van der Waals surface area (Å²) in [4.78, 5) is 108. The molecule has 4 aliphatic rings. The van der Waals surface area contributed by atoms with Crippen LogP contribution in [0.4, 0.5) is 86.5 Å². The van der Waals surface area contributed by atoms with Crippen LogP contribution in [0.5, 0.6) is 0 Å². The molecule has 7 aromatic carbocycles. The number of carbonyl (C=O) groups is 8. The maximum atomic E-state index is 14.8. The van der Waals surface area contributed by atoms with Gasteiger partial charge in [-0.25, -0.2) is 38.4 Å². The van der Waals surface area contributed by atoms with Crippen molar-refractivity contribution in [3.8, 4) is 0 Å². The predicted molar refractivity (Wildman–Crippen MR) is 427 cm³/mol. The topological polar surface area (TPSA) is 517 Å². The van der Waals surface area contributed by atoms with Gasteiger partial charge in [0.1, 0.15) is 49.3 Å². The van der Waals surface area contributed by atoms with Crippen molar-refractivity contribution in [2.24, 2.45) is 34.4 Å². The molecule has 0 radical (unpaired) electrons. The predicted octanol–water partition coefficient (Wildman–Crippen LogP) is 12.1. The minimum absolute atomic E-state index is 0.130. The van der Waals surface area contributed by atoms with Crippen molar-refractivity contribution in [3.63, 3.8) is 0 Å². The SMILES string of the molecule is NC[C@@H]1O[C@H](O[C@H]2[C@@H](OC(=O)Nc3ccc(Cl)cc3)[C@H](O[C@@H]3[C@@H](OC(=O)Nc4ccc(Cl)cc4)[C@H](N)C[C@H](N)[C@H]3O[C@H]3O[C@H](CN)[C@@H](OC(=O)Nc4ccc(Cl)cc4)[C@H](OC(=O)Nc4ccc(Cl)cc4)[C@H]3N)O[C@@H]2COC(=O)Nc2ccc(Cl)cc2)[C@H](N)[C@@H](OC(=O)Nc2ccc(Cl)cc2)[C@@H]1OC(=O)Nc1ccc(Cl)cc1.O=C(O)C(F)(F)F. The molecule has 45 heteroatoms. The number of hydrogen-bond acceptors (Lipinski definition) is 27. The Morgan fingerprint density at radius 1 is 0.336 bits per heavy atom. The van der Waals surface area contributed by atoms with E-state index in [-0.39, 0.29) is 51.3 Å². The summed E-state index contributed by atoms with van der Waals surface area (Å²) < 4.78 is 114. The maximum Gasteiger partial charge on any atom is 0.490 e. The third-order valence-corrected chi connectivity index (χ3v) is 19.5. The van der Waals surface area contributed by atoms with E-state index in [9.17, 15) is 46.7 Å². The Labute approximate surface area is 709 Å². The van der Waals surface area contributed by atoms with E-state index < -0.39 is 191 Å². The standard InChI is InChI=1S/C72H74Cl7N13O20.C2HF3O2/c73-33-1-15-40(16-2-33)86-66(93)100-32-51-58(105-64-53(85)60(111-71(98)91-45-25-11-38(78)12-26-45)57(50(31-81)102-64)109-69(96)89-43-21-7-36(76)8-22-43)62(112-72(99)92-46-27-13-39(79)14-28-46)65(103-51)106-61-54(47(82)29-48(83)55(61)107-67(94)87-41-17-3-34(74)4-18-41)104-63-52(84)59(110-70(97)90-44-23-9-37(77)10-24-44)56(49(30-80)101-63)108-68(95)88-42-19-5-35(75)6-20-42;3-2(4,5)1(6)7/h1-28,47-65H,29-32,80-85H2,(H,86,93)(H,87,94)(H,88,95)(H,89,96)(H,90,97)(H,91,98)(H,92,99);(H,6,7)/t47-,48+,49+,50-,51+,52+,53+,54+,55-,56+,57+,58+,59+,60+,61-,62+,63+,64+,65-;/m0./s1. The molecule has 0 unspecified atom stereocenters. The van der Waals surface area contributed by atoms with Crippen LogP contribution in [0.2, 0.25) is 35.2 Å². The molecular weight excluding hydrogens is 1730 g/mol. The number of carbonyl (C=O) groups excluding carboxylic acids is 7. The minimum Gasteiger partial charge on any atom is -0.475 e. The maximum absolute atomic E-state index is 14.8. The van der Waals surface area contributed by atoms with Crippen LogP contribution in [0, 0.1) is 0 Å². The van der Waals surface area contributed by atoms with Crippen LogP contribution in [0.1, 0.15) is 6.42 Å². The fourth-order valence-electron chi connectivity index (χ4n) is 12.2. The highest BCUT2D eigenvalue weighted by Gasteiger charge is 2.59. The van der Waals surface area contributed by atoms with Crippen molar-refractivity contribution in [1.29, 1.82) is 0 Å². The molecule has 20 N–H and O–H groups in total. The highest BCUT2D eigenvalue weighted by Crippen LogP contribution is 2.39. The Kier molecular flexibility index (Phi) is 32.7. The number of halogens is 10. The summed E-state index contributed by atoms with van der Waals surface area (Å²) in [5, 5.41) is 27.5. The van der Waals surface area contributed by atoms with Gasteiger partial charge in [0, 0.05) is 100 Å². The molecule has 3 aliphatic heterocycles. The lowest BCUT2D eigenvalue weighted by atomic mass is 9.84. The molecule has 1 saturated carbocycles. The first kappa shape index (κ1) is 91.5. The first-order valence-corrected chi connectivity index (χ1v) is 38.0. The fraction of sp³-hybridized carbons (Fsp3) is 0.324. The second-order valence-corrected chi connectivity index (χ2v) is 29.2. The summed E-state index contributed by atoms with van der Waals surface area (Å²) in [6, 6.07) is 35.5. The van der Waals surface area contributed by atoms with Gasteiger partial charge in [-0.2, -0.15) is 13.2 Å². The Bertz CT molecular complexity index is 4610. The lowest BCUT2D eigenvalue weighted by Crippen LogP contribution is -2.69. The number of amides is 7. The number of carboxylic acid groups (broad SMARTS) is 1.